The van der Waals surface area contributed by atoms with E-state index in [4.69, 9.17) is 16.3 Å². The minimum absolute atomic E-state index is 0.320. The second-order valence-corrected chi connectivity index (χ2v) is 6.41. The second-order valence-electron chi connectivity index (χ2n) is 5.97. The number of hydrogen-bond acceptors (Lipinski definition) is 4. The molecule has 0 bridgehead atoms. The molecule has 1 saturated carbocycles. The summed E-state index contributed by atoms with van der Waals surface area (Å²) in [5, 5.41) is 14.6. The number of benzene rings is 1. The van der Waals surface area contributed by atoms with Gasteiger partial charge in [-0.3, -0.25) is 0 Å². The van der Waals surface area contributed by atoms with Crippen molar-refractivity contribution in [1.29, 1.82) is 5.26 Å². The minimum Gasteiger partial charge on any atom is -0.461 e. The van der Waals surface area contributed by atoms with Gasteiger partial charge in [0.25, 0.3) is 0 Å². The number of carbonyl (C=O) groups excluding carboxylic acids is 1. The number of esters is 1. The molecule has 0 radical (unpaired) electrons. The van der Waals surface area contributed by atoms with Crippen LogP contribution >= 0.6 is 11.6 Å². The van der Waals surface area contributed by atoms with E-state index in [9.17, 15) is 10.1 Å². The number of halogens is 1. The Hall–Kier alpha value is -2.32. The summed E-state index contributed by atoms with van der Waals surface area (Å²) in [7, 11) is 0. The van der Waals surface area contributed by atoms with Crippen molar-refractivity contribution >= 4 is 17.6 Å². The topological polar surface area (TPSA) is 67.9 Å². The van der Waals surface area contributed by atoms with E-state index in [1.807, 2.05) is 19.1 Å². The van der Waals surface area contributed by atoms with Crippen molar-refractivity contribution in [3.63, 3.8) is 0 Å². The van der Waals surface area contributed by atoms with E-state index in [-0.39, 0.29) is 0 Å². The molecular weight excluding hydrogens is 326 g/mol. The predicted octanol–water partition coefficient (Wildman–Crippen LogP) is 4.17. The van der Waals surface area contributed by atoms with Gasteiger partial charge in [0, 0.05) is 10.6 Å². The van der Waals surface area contributed by atoms with Crippen LogP contribution in [0.25, 0.3) is 11.3 Å². The van der Waals surface area contributed by atoms with Gasteiger partial charge in [0.15, 0.2) is 0 Å². The van der Waals surface area contributed by atoms with Gasteiger partial charge < -0.3 is 4.74 Å². The number of rotatable bonds is 6. The molecule has 0 saturated heterocycles. The Balaban J connectivity index is 1.97. The van der Waals surface area contributed by atoms with Crippen LogP contribution in [-0.2, 0) is 10.3 Å². The fourth-order valence-electron chi connectivity index (χ4n) is 2.51. The first-order valence-electron chi connectivity index (χ1n) is 8.04. The molecule has 0 amide bonds. The Kier molecular flexibility index (Phi) is 4.59. The number of nitriles is 1. The van der Waals surface area contributed by atoms with E-state index in [0.717, 1.165) is 18.4 Å². The first kappa shape index (κ1) is 16.5. The Morgan fingerprint density at radius 1 is 1.46 bits per heavy atom. The minimum atomic E-state index is -0.726. The average molecular weight is 344 g/mol. The smallest absolute Gasteiger partial charge is 0.356 e. The van der Waals surface area contributed by atoms with Crippen molar-refractivity contribution in [3.8, 4) is 17.3 Å². The van der Waals surface area contributed by atoms with Crippen LogP contribution in [0.3, 0.4) is 0 Å². The van der Waals surface area contributed by atoms with Crippen LogP contribution in [0.1, 0.15) is 43.1 Å². The van der Waals surface area contributed by atoms with E-state index in [1.54, 1.807) is 18.2 Å². The monoisotopic (exact) mass is 343 g/mol. The third-order valence-electron chi connectivity index (χ3n) is 4.11. The molecule has 0 aliphatic heterocycles. The molecule has 0 atom stereocenters. The number of ether oxygens (including phenoxy) is 1. The highest BCUT2D eigenvalue weighted by molar-refractivity contribution is 6.30. The number of nitrogens with zero attached hydrogens (tertiary/aromatic N) is 3. The van der Waals surface area contributed by atoms with Gasteiger partial charge in [0.2, 0.25) is 0 Å². The standard InChI is InChI=1S/C18H18ClN3O2/c1-2-3-9-24-17(23)16-11-15(13-5-4-6-14(19)10-13)21-22(16)18(12-20)7-8-18/h4-6,10-11H,2-3,7-9H2,1H3. The molecule has 24 heavy (non-hydrogen) atoms. The fourth-order valence-corrected chi connectivity index (χ4v) is 2.70. The van der Waals surface area contributed by atoms with Crippen LogP contribution in [0.15, 0.2) is 30.3 Å². The molecule has 0 N–H and O–H groups in total. The molecule has 5 nitrogen and oxygen atoms in total. The molecule has 2 aromatic rings. The van der Waals surface area contributed by atoms with E-state index in [1.165, 1.54) is 4.68 Å². The van der Waals surface area contributed by atoms with Crippen LogP contribution in [0.2, 0.25) is 5.02 Å². The van der Waals surface area contributed by atoms with E-state index in [2.05, 4.69) is 11.2 Å². The van der Waals surface area contributed by atoms with Crippen molar-refractivity contribution in [3.05, 3.63) is 41.0 Å². The van der Waals surface area contributed by atoms with E-state index >= 15 is 0 Å². The third-order valence-corrected chi connectivity index (χ3v) is 4.34. The van der Waals surface area contributed by atoms with Crippen LogP contribution in [-0.4, -0.2) is 22.4 Å². The van der Waals surface area contributed by atoms with Gasteiger partial charge in [0.05, 0.1) is 18.4 Å². The summed E-state index contributed by atoms with van der Waals surface area (Å²) in [5.74, 6) is -0.439. The summed E-state index contributed by atoms with van der Waals surface area (Å²) in [6, 6.07) is 11.2. The summed E-state index contributed by atoms with van der Waals surface area (Å²) in [6.07, 6.45) is 3.14. The van der Waals surface area contributed by atoms with Crippen molar-refractivity contribution < 1.29 is 9.53 Å². The van der Waals surface area contributed by atoms with Gasteiger partial charge in [-0.2, -0.15) is 10.4 Å². The highest BCUT2D eigenvalue weighted by Gasteiger charge is 2.48. The lowest BCUT2D eigenvalue weighted by atomic mass is 10.1. The second kappa shape index (κ2) is 6.66. The highest BCUT2D eigenvalue weighted by atomic mass is 35.5. The summed E-state index contributed by atoms with van der Waals surface area (Å²) in [5.41, 5.74) is 1.01. The molecule has 0 spiro atoms. The number of hydrogen-bond donors (Lipinski definition) is 0. The van der Waals surface area contributed by atoms with Gasteiger partial charge in [-0.05, 0) is 37.5 Å². The number of unbranched alkanes of at least 4 members (excludes halogenated alkanes) is 1. The van der Waals surface area contributed by atoms with Crippen molar-refractivity contribution in [2.24, 2.45) is 0 Å². The molecule has 124 valence electrons. The lowest BCUT2D eigenvalue weighted by molar-refractivity contribution is 0.0483. The Morgan fingerprint density at radius 2 is 2.25 bits per heavy atom. The molecule has 1 aromatic heterocycles. The molecule has 0 unspecified atom stereocenters. The molecular formula is C18H18ClN3O2. The molecule has 3 rings (SSSR count). The van der Waals surface area contributed by atoms with Crippen molar-refractivity contribution in [2.75, 3.05) is 6.61 Å². The van der Waals surface area contributed by atoms with Crippen LogP contribution < -0.4 is 0 Å². The fraction of sp³-hybridized carbons (Fsp3) is 0.389. The number of aromatic nitrogens is 2. The van der Waals surface area contributed by atoms with Crippen LogP contribution in [0, 0.1) is 11.3 Å². The average Bonchev–Trinajstić information content (AvgIpc) is 3.25. The highest BCUT2D eigenvalue weighted by Crippen LogP contribution is 2.44. The SMILES string of the molecule is CCCCOC(=O)c1cc(-c2cccc(Cl)c2)nn1C1(C#N)CC1. The van der Waals surface area contributed by atoms with Gasteiger partial charge in [0.1, 0.15) is 11.2 Å². The molecule has 6 heteroatoms. The summed E-state index contributed by atoms with van der Waals surface area (Å²) in [4.78, 5) is 12.4. The summed E-state index contributed by atoms with van der Waals surface area (Å²) < 4.78 is 6.84. The molecule has 1 fully saturated rings. The Morgan fingerprint density at radius 3 is 2.88 bits per heavy atom. The van der Waals surface area contributed by atoms with Gasteiger partial charge >= 0.3 is 5.97 Å². The quantitative estimate of drug-likeness (QED) is 0.583. The predicted molar refractivity (Wildman–Crippen MR) is 90.7 cm³/mol. The number of carbonyl (C=O) groups is 1. The van der Waals surface area contributed by atoms with E-state index in [0.29, 0.717) is 35.9 Å². The van der Waals surface area contributed by atoms with Crippen molar-refractivity contribution in [1.82, 2.24) is 9.78 Å². The first-order chi connectivity index (χ1) is 11.6. The third kappa shape index (κ3) is 3.15. The normalized spacial score (nSPS) is 14.9. The maximum Gasteiger partial charge on any atom is 0.356 e. The largest absolute Gasteiger partial charge is 0.461 e. The maximum atomic E-state index is 12.4. The van der Waals surface area contributed by atoms with Gasteiger partial charge in [-0.1, -0.05) is 37.1 Å². The lowest BCUT2D eigenvalue weighted by Gasteiger charge is -2.11. The van der Waals surface area contributed by atoms with Gasteiger partial charge in [-0.15, -0.1) is 0 Å². The summed E-state index contributed by atoms with van der Waals surface area (Å²) in [6.45, 7) is 2.40. The van der Waals surface area contributed by atoms with Crippen molar-refractivity contribution in [2.45, 2.75) is 38.1 Å². The Bertz CT molecular complexity index is 803. The zero-order valence-electron chi connectivity index (χ0n) is 13.5. The first-order valence-corrected chi connectivity index (χ1v) is 8.42. The summed E-state index contributed by atoms with van der Waals surface area (Å²) >= 11 is 6.04. The molecule has 1 aliphatic carbocycles. The molecule has 1 aromatic carbocycles. The Labute approximate surface area is 145 Å². The lowest BCUT2D eigenvalue weighted by Crippen LogP contribution is -2.22. The maximum absolute atomic E-state index is 12.4. The van der Waals surface area contributed by atoms with Gasteiger partial charge in [-0.25, -0.2) is 9.48 Å². The zero-order valence-corrected chi connectivity index (χ0v) is 14.2. The zero-order chi connectivity index (χ0) is 17.2. The van der Waals surface area contributed by atoms with E-state index < -0.39 is 11.5 Å². The molecule has 1 heterocycles. The van der Waals surface area contributed by atoms with Crippen LogP contribution in [0.4, 0.5) is 0 Å². The molecule has 1 aliphatic rings. The van der Waals surface area contributed by atoms with Crippen LogP contribution in [0.5, 0.6) is 0 Å².